The number of hydrogen-bond donors (Lipinski definition) is 2. The SMILES string of the molecule is CCN(CC)CCCN1C(=O)C(=O)/C(=C(/O)c2ccc(OC)cc2O)C1c1cccnc1. The van der Waals surface area contributed by atoms with E-state index in [0.717, 1.165) is 19.6 Å². The van der Waals surface area contributed by atoms with Gasteiger partial charge in [0.05, 0.1) is 24.3 Å². The number of rotatable bonds is 9. The lowest BCUT2D eigenvalue weighted by Gasteiger charge is -2.26. The van der Waals surface area contributed by atoms with Crippen molar-refractivity contribution in [1.82, 2.24) is 14.8 Å². The number of amides is 1. The first-order chi connectivity index (χ1) is 15.4. The van der Waals surface area contributed by atoms with Crippen molar-refractivity contribution in [3.05, 3.63) is 59.4 Å². The molecule has 2 aromatic rings. The molecule has 3 rings (SSSR count). The third kappa shape index (κ3) is 4.60. The van der Waals surface area contributed by atoms with Crippen LogP contribution in [0.5, 0.6) is 11.5 Å². The van der Waals surface area contributed by atoms with E-state index < -0.39 is 23.5 Å². The number of likely N-dealkylation sites (tertiary alicyclic amines) is 1. The van der Waals surface area contributed by atoms with Crippen LogP contribution in [0.2, 0.25) is 0 Å². The van der Waals surface area contributed by atoms with E-state index in [1.807, 2.05) is 0 Å². The number of carbonyl (C=O) groups excluding carboxylic acids is 2. The van der Waals surface area contributed by atoms with Crippen LogP contribution in [0.15, 0.2) is 48.3 Å². The number of phenolic OH excluding ortho intramolecular Hbond substituents is 1. The molecule has 1 aromatic heterocycles. The zero-order valence-corrected chi connectivity index (χ0v) is 18.6. The summed E-state index contributed by atoms with van der Waals surface area (Å²) in [4.78, 5) is 33.8. The summed E-state index contributed by atoms with van der Waals surface area (Å²) in [5, 5.41) is 21.4. The van der Waals surface area contributed by atoms with Gasteiger partial charge in [0.2, 0.25) is 0 Å². The first-order valence-electron chi connectivity index (χ1n) is 10.7. The lowest BCUT2D eigenvalue weighted by atomic mass is 9.96. The quantitative estimate of drug-likeness (QED) is 0.352. The summed E-state index contributed by atoms with van der Waals surface area (Å²) in [6, 6.07) is 7.06. The van der Waals surface area contributed by atoms with Crippen molar-refractivity contribution in [2.45, 2.75) is 26.3 Å². The molecule has 1 amide bonds. The molecule has 0 bridgehead atoms. The molecule has 0 aliphatic carbocycles. The first kappa shape index (κ1) is 23.3. The highest BCUT2D eigenvalue weighted by molar-refractivity contribution is 6.46. The Labute approximate surface area is 187 Å². The largest absolute Gasteiger partial charge is 0.507 e. The van der Waals surface area contributed by atoms with Gasteiger partial charge in [0.15, 0.2) is 0 Å². The van der Waals surface area contributed by atoms with Crippen molar-refractivity contribution in [3.63, 3.8) is 0 Å². The van der Waals surface area contributed by atoms with Crippen LogP contribution in [0.1, 0.15) is 37.4 Å². The summed E-state index contributed by atoms with van der Waals surface area (Å²) in [6.45, 7) is 7.09. The summed E-state index contributed by atoms with van der Waals surface area (Å²) < 4.78 is 5.08. The minimum absolute atomic E-state index is 0.0563. The van der Waals surface area contributed by atoms with Gasteiger partial charge in [0.1, 0.15) is 17.3 Å². The topological polar surface area (TPSA) is 103 Å². The van der Waals surface area contributed by atoms with Crippen LogP contribution >= 0.6 is 0 Å². The summed E-state index contributed by atoms with van der Waals surface area (Å²) in [7, 11) is 1.46. The maximum Gasteiger partial charge on any atom is 0.295 e. The molecule has 170 valence electrons. The molecule has 0 spiro atoms. The fourth-order valence-electron chi connectivity index (χ4n) is 3.98. The minimum atomic E-state index is -0.790. The fourth-order valence-corrected chi connectivity index (χ4v) is 3.98. The van der Waals surface area contributed by atoms with Gasteiger partial charge < -0.3 is 24.7 Å². The molecule has 8 heteroatoms. The van der Waals surface area contributed by atoms with E-state index in [1.54, 1.807) is 30.6 Å². The summed E-state index contributed by atoms with van der Waals surface area (Å²) in [5.74, 6) is -1.73. The molecule has 1 atom stereocenters. The zero-order chi connectivity index (χ0) is 23.3. The number of aromatic hydroxyl groups is 1. The number of benzene rings is 1. The maximum absolute atomic E-state index is 13.0. The van der Waals surface area contributed by atoms with Crippen molar-refractivity contribution in [2.24, 2.45) is 0 Å². The molecule has 1 aliphatic rings. The van der Waals surface area contributed by atoms with E-state index in [9.17, 15) is 19.8 Å². The molecule has 32 heavy (non-hydrogen) atoms. The molecule has 0 saturated carbocycles. The van der Waals surface area contributed by atoms with Gasteiger partial charge in [-0.1, -0.05) is 19.9 Å². The molecule has 2 heterocycles. The third-order valence-electron chi connectivity index (χ3n) is 5.77. The maximum atomic E-state index is 13.0. The summed E-state index contributed by atoms with van der Waals surface area (Å²) in [5.41, 5.74) is 0.608. The molecular formula is C24H29N3O5. The fraction of sp³-hybridized carbons (Fsp3) is 0.375. The Morgan fingerprint density at radius 2 is 1.97 bits per heavy atom. The second-order valence-electron chi connectivity index (χ2n) is 7.54. The Morgan fingerprint density at radius 1 is 1.22 bits per heavy atom. The number of phenols is 1. The second kappa shape index (κ2) is 10.3. The number of nitrogens with zero attached hydrogens (tertiary/aromatic N) is 3. The van der Waals surface area contributed by atoms with Crippen molar-refractivity contribution in [1.29, 1.82) is 0 Å². The normalized spacial score (nSPS) is 17.9. The van der Waals surface area contributed by atoms with E-state index in [4.69, 9.17) is 4.74 Å². The standard InChI is InChI=1S/C24H29N3O5/c1-4-26(5-2)12-7-13-27-21(16-8-6-11-25-15-16)20(23(30)24(27)31)22(29)18-10-9-17(32-3)14-19(18)28/h6,8-11,14-15,21,28-29H,4-5,7,12-13H2,1-3H3/b22-20+. The predicted octanol–water partition coefficient (Wildman–Crippen LogP) is 2.95. The molecule has 0 radical (unpaired) electrons. The monoisotopic (exact) mass is 439 g/mol. The second-order valence-corrected chi connectivity index (χ2v) is 7.54. The van der Waals surface area contributed by atoms with E-state index >= 15 is 0 Å². The molecule has 1 aromatic carbocycles. The van der Waals surface area contributed by atoms with Crippen molar-refractivity contribution in [2.75, 3.05) is 33.3 Å². The van der Waals surface area contributed by atoms with E-state index in [0.29, 0.717) is 24.3 Å². The number of methoxy groups -OCH3 is 1. The van der Waals surface area contributed by atoms with E-state index in [1.165, 1.54) is 24.1 Å². The van der Waals surface area contributed by atoms with Crippen LogP contribution in [0.25, 0.3) is 5.76 Å². The van der Waals surface area contributed by atoms with Gasteiger partial charge in [0.25, 0.3) is 11.7 Å². The number of ketones is 1. The molecule has 1 saturated heterocycles. The first-order valence-corrected chi connectivity index (χ1v) is 10.7. The third-order valence-corrected chi connectivity index (χ3v) is 5.77. The Balaban J connectivity index is 2.03. The average molecular weight is 440 g/mol. The zero-order valence-electron chi connectivity index (χ0n) is 18.6. The summed E-state index contributed by atoms with van der Waals surface area (Å²) >= 11 is 0. The number of Topliss-reactive ketones (excluding diaryl/α,β-unsaturated/α-hetero) is 1. The molecule has 8 nitrogen and oxygen atoms in total. The van der Waals surface area contributed by atoms with Crippen molar-refractivity contribution < 1.29 is 24.5 Å². The van der Waals surface area contributed by atoms with Gasteiger partial charge in [-0.3, -0.25) is 14.6 Å². The van der Waals surface area contributed by atoms with Crippen molar-refractivity contribution >= 4 is 17.4 Å². The average Bonchev–Trinajstić information content (AvgIpc) is 3.06. The van der Waals surface area contributed by atoms with Gasteiger partial charge in [-0.15, -0.1) is 0 Å². The van der Waals surface area contributed by atoms with Gasteiger partial charge in [-0.2, -0.15) is 0 Å². The smallest absolute Gasteiger partial charge is 0.295 e. The van der Waals surface area contributed by atoms with Crippen LogP contribution in [0, 0.1) is 0 Å². The number of aliphatic hydroxyl groups is 1. The Hall–Kier alpha value is -3.39. The van der Waals surface area contributed by atoms with Gasteiger partial charge in [0, 0.05) is 25.0 Å². The summed E-state index contributed by atoms with van der Waals surface area (Å²) in [6.07, 6.45) is 3.86. The number of hydrogen-bond acceptors (Lipinski definition) is 7. The number of pyridine rings is 1. The lowest BCUT2D eigenvalue weighted by molar-refractivity contribution is -0.140. The molecule has 2 N–H and O–H groups in total. The Morgan fingerprint density at radius 3 is 2.56 bits per heavy atom. The lowest BCUT2D eigenvalue weighted by Crippen LogP contribution is -2.33. The van der Waals surface area contributed by atoms with Crippen molar-refractivity contribution in [3.8, 4) is 11.5 Å². The number of aromatic nitrogens is 1. The Kier molecular flexibility index (Phi) is 7.48. The van der Waals surface area contributed by atoms with Crippen LogP contribution in [0.3, 0.4) is 0 Å². The molecule has 1 fully saturated rings. The highest BCUT2D eigenvalue weighted by atomic mass is 16.5. The Bertz CT molecular complexity index is 1000. The molecular weight excluding hydrogens is 410 g/mol. The highest BCUT2D eigenvalue weighted by Gasteiger charge is 2.46. The van der Waals surface area contributed by atoms with Crippen LogP contribution < -0.4 is 4.74 Å². The molecule has 1 aliphatic heterocycles. The van der Waals surface area contributed by atoms with Crippen LogP contribution in [0.4, 0.5) is 0 Å². The van der Waals surface area contributed by atoms with Crippen LogP contribution in [-0.2, 0) is 9.59 Å². The highest BCUT2D eigenvalue weighted by Crippen LogP contribution is 2.41. The molecule has 1 unspecified atom stereocenters. The number of aliphatic hydroxyl groups excluding tert-OH is 1. The minimum Gasteiger partial charge on any atom is -0.507 e. The van der Waals surface area contributed by atoms with Gasteiger partial charge in [-0.25, -0.2) is 0 Å². The number of carbonyl (C=O) groups is 2. The van der Waals surface area contributed by atoms with Gasteiger partial charge in [-0.05, 0) is 49.8 Å². The predicted molar refractivity (Wildman–Crippen MR) is 120 cm³/mol. The van der Waals surface area contributed by atoms with Gasteiger partial charge >= 0.3 is 0 Å². The number of ether oxygens (including phenoxy) is 1. The van der Waals surface area contributed by atoms with Crippen LogP contribution in [-0.4, -0.2) is 70.0 Å². The van der Waals surface area contributed by atoms with E-state index in [2.05, 4.69) is 23.7 Å². The van der Waals surface area contributed by atoms with E-state index in [-0.39, 0.29) is 16.9 Å².